The second kappa shape index (κ2) is 6.21. The molecule has 0 radical (unpaired) electrons. The summed E-state index contributed by atoms with van der Waals surface area (Å²) < 4.78 is 4.74. The summed E-state index contributed by atoms with van der Waals surface area (Å²) in [5.41, 5.74) is -0.615. The molecule has 0 rings (SSSR count). The number of hydrogen-bond acceptors (Lipinski definition) is 3. The number of carbonyl (C=O) groups excluding carboxylic acids is 1. The number of ether oxygens (including phenoxy) is 1. The standard InChI is InChI=1S/C7H12NO4.Y/c1-7(2,3)12-6(11)8-4-5(9)10;/h4H,1-3H3,(H,8,11)(H,9,10);/q-1;+3. The zero-order valence-corrected chi connectivity index (χ0v) is 10.7. The topological polar surface area (TPSA) is 75.6 Å². The van der Waals surface area contributed by atoms with Gasteiger partial charge in [-0.05, 0) is 20.8 Å². The largest absolute Gasteiger partial charge is 3.00 e. The monoisotopic (exact) mass is 263 g/mol. The number of alkyl carbamates (subject to hydrolysis) is 1. The molecule has 6 heteroatoms. The minimum atomic E-state index is -1.22. The molecule has 0 heterocycles. The summed E-state index contributed by atoms with van der Waals surface area (Å²) in [6.45, 7) is 5.68. The number of nitrogens with one attached hydrogen (secondary N) is 1. The Labute approximate surface area is 102 Å². The van der Waals surface area contributed by atoms with Crippen LogP contribution >= 0.6 is 0 Å². The summed E-state index contributed by atoms with van der Waals surface area (Å²) in [6.07, 6.45) is -0.773. The van der Waals surface area contributed by atoms with Crippen molar-refractivity contribution < 1.29 is 52.1 Å². The van der Waals surface area contributed by atoms with E-state index in [1.54, 1.807) is 20.8 Å². The molecule has 5 nitrogen and oxygen atoms in total. The van der Waals surface area contributed by atoms with Gasteiger partial charge in [0.25, 0.3) is 0 Å². The van der Waals surface area contributed by atoms with Crippen molar-refractivity contribution in [3.8, 4) is 0 Å². The zero-order valence-electron chi connectivity index (χ0n) is 7.83. The number of carbonyl (C=O) groups is 2. The Bertz CT molecular complexity index is 187. The third kappa shape index (κ3) is 11.7. The first-order chi connectivity index (χ1) is 5.31. The third-order valence-corrected chi connectivity index (χ3v) is 0.712. The van der Waals surface area contributed by atoms with Gasteiger partial charge in [0.2, 0.25) is 0 Å². The molecule has 0 spiro atoms. The van der Waals surface area contributed by atoms with Crippen molar-refractivity contribution in [2.24, 2.45) is 0 Å². The molecular weight excluding hydrogens is 251 g/mol. The Morgan fingerprint density at radius 3 is 2.15 bits per heavy atom. The number of carboxylic acid groups (broad SMARTS) is 1. The summed E-state index contributed by atoms with van der Waals surface area (Å²) in [5, 5.41) is 10.1. The van der Waals surface area contributed by atoms with Crippen LogP contribution in [0.2, 0.25) is 0 Å². The van der Waals surface area contributed by atoms with E-state index in [1.807, 2.05) is 5.32 Å². The maximum Gasteiger partial charge on any atom is 3.00 e. The Balaban J connectivity index is 0. The first-order valence-corrected chi connectivity index (χ1v) is 3.37. The Kier molecular flexibility index (Phi) is 7.26. The van der Waals surface area contributed by atoms with Crippen molar-refractivity contribution in [3.05, 3.63) is 6.54 Å². The van der Waals surface area contributed by atoms with Crippen LogP contribution in [-0.4, -0.2) is 22.8 Å². The van der Waals surface area contributed by atoms with Gasteiger partial charge >= 0.3 is 38.8 Å². The summed E-state index contributed by atoms with van der Waals surface area (Å²) in [5.74, 6) is -1.22. The second-order valence-corrected chi connectivity index (χ2v) is 3.13. The molecule has 2 N–H and O–H groups in total. The van der Waals surface area contributed by atoms with E-state index in [9.17, 15) is 9.59 Å². The van der Waals surface area contributed by atoms with Crippen LogP contribution in [-0.2, 0) is 42.2 Å². The first kappa shape index (κ1) is 15.2. The van der Waals surface area contributed by atoms with Gasteiger partial charge in [-0.25, -0.2) is 4.79 Å². The van der Waals surface area contributed by atoms with E-state index in [2.05, 4.69) is 0 Å². The summed E-state index contributed by atoms with van der Waals surface area (Å²) in [6, 6.07) is 0. The molecule has 0 bridgehead atoms. The summed E-state index contributed by atoms with van der Waals surface area (Å²) in [7, 11) is 0. The molecule has 0 aromatic carbocycles. The third-order valence-electron chi connectivity index (χ3n) is 0.712. The fourth-order valence-electron chi connectivity index (χ4n) is 0.428. The van der Waals surface area contributed by atoms with E-state index in [-0.39, 0.29) is 32.7 Å². The van der Waals surface area contributed by atoms with E-state index in [1.165, 1.54) is 0 Å². The van der Waals surface area contributed by atoms with Gasteiger partial charge in [-0.15, -0.1) is 0 Å². The number of hydrogen-bond donors (Lipinski definition) is 2. The summed E-state index contributed by atoms with van der Waals surface area (Å²) in [4.78, 5) is 20.7. The van der Waals surface area contributed by atoms with Crippen molar-refractivity contribution >= 4 is 12.1 Å². The van der Waals surface area contributed by atoms with Crippen LogP contribution in [0.15, 0.2) is 0 Å². The molecule has 0 saturated carbocycles. The molecule has 0 saturated heterocycles. The van der Waals surface area contributed by atoms with E-state index >= 15 is 0 Å². The predicted molar refractivity (Wildman–Crippen MR) is 41.3 cm³/mol. The molecular formula is C7H12NO4Y+2. The van der Waals surface area contributed by atoms with Gasteiger partial charge < -0.3 is 15.2 Å². The Morgan fingerprint density at radius 2 is 1.85 bits per heavy atom. The number of carboxylic acids is 1. The maximum atomic E-state index is 10.7. The maximum absolute atomic E-state index is 10.7. The SMILES string of the molecule is CC(C)(C)OC(=O)N[CH-]C(=O)O.[Y+3]. The van der Waals surface area contributed by atoms with Gasteiger partial charge in [0.1, 0.15) is 5.60 Å². The molecule has 0 atom stereocenters. The quantitative estimate of drug-likeness (QED) is 0.721. The van der Waals surface area contributed by atoms with E-state index < -0.39 is 17.7 Å². The minimum Gasteiger partial charge on any atom is -0.502 e. The molecule has 70 valence electrons. The van der Waals surface area contributed by atoms with Gasteiger partial charge in [-0.3, -0.25) is 4.79 Å². The molecule has 0 aliphatic heterocycles. The van der Waals surface area contributed by atoms with Crippen molar-refractivity contribution in [2.45, 2.75) is 26.4 Å². The predicted octanol–water partition coefficient (Wildman–Crippen LogP) is 0.755. The average Bonchev–Trinajstić information content (AvgIpc) is 1.79. The number of rotatable bonds is 2. The fraction of sp³-hybridized carbons (Fsp3) is 0.571. The molecule has 1 amide bonds. The average molecular weight is 263 g/mol. The second-order valence-electron chi connectivity index (χ2n) is 3.13. The van der Waals surface area contributed by atoms with Crippen molar-refractivity contribution in [2.75, 3.05) is 0 Å². The van der Waals surface area contributed by atoms with Crippen LogP contribution in [0.4, 0.5) is 4.79 Å². The Morgan fingerprint density at radius 1 is 1.38 bits per heavy atom. The number of amides is 1. The van der Waals surface area contributed by atoms with Gasteiger partial charge in [0.05, 0.1) is 0 Å². The van der Waals surface area contributed by atoms with E-state index in [0.29, 0.717) is 6.54 Å². The molecule has 0 unspecified atom stereocenters. The molecule has 0 aliphatic rings. The van der Waals surface area contributed by atoms with Gasteiger partial charge in [0, 0.05) is 0 Å². The van der Waals surface area contributed by atoms with Crippen LogP contribution in [0.1, 0.15) is 20.8 Å². The van der Waals surface area contributed by atoms with Crippen LogP contribution in [0.5, 0.6) is 0 Å². The van der Waals surface area contributed by atoms with Crippen molar-refractivity contribution in [1.82, 2.24) is 5.32 Å². The molecule has 0 aliphatic carbocycles. The normalized spacial score (nSPS) is 9.46. The smallest absolute Gasteiger partial charge is 0.502 e. The molecule has 13 heavy (non-hydrogen) atoms. The van der Waals surface area contributed by atoms with Crippen LogP contribution in [0.25, 0.3) is 0 Å². The van der Waals surface area contributed by atoms with Crippen LogP contribution in [0.3, 0.4) is 0 Å². The van der Waals surface area contributed by atoms with E-state index in [4.69, 9.17) is 9.84 Å². The molecule has 0 aromatic rings. The number of aliphatic carboxylic acids is 1. The van der Waals surface area contributed by atoms with Crippen LogP contribution < -0.4 is 5.32 Å². The Hall–Kier alpha value is -0.286. The van der Waals surface area contributed by atoms with Crippen molar-refractivity contribution in [3.63, 3.8) is 0 Å². The van der Waals surface area contributed by atoms with Crippen LogP contribution in [0, 0.1) is 6.54 Å². The van der Waals surface area contributed by atoms with E-state index in [0.717, 1.165) is 0 Å². The molecule has 0 aromatic heterocycles. The van der Waals surface area contributed by atoms with Crippen molar-refractivity contribution in [1.29, 1.82) is 0 Å². The van der Waals surface area contributed by atoms with Gasteiger partial charge in [-0.2, -0.15) is 6.54 Å². The minimum absolute atomic E-state index is 0. The van der Waals surface area contributed by atoms with Gasteiger partial charge in [0.15, 0.2) is 5.97 Å². The fourth-order valence-corrected chi connectivity index (χ4v) is 0.428. The first-order valence-electron chi connectivity index (χ1n) is 3.37. The molecule has 0 fully saturated rings. The summed E-state index contributed by atoms with van der Waals surface area (Å²) >= 11 is 0. The zero-order chi connectivity index (χ0) is 9.78. The van der Waals surface area contributed by atoms with Gasteiger partial charge in [-0.1, -0.05) is 0 Å².